The van der Waals surface area contributed by atoms with Crippen molar-refractivity contribution < 1.29 is 4.42 Å². The zero-order valence-electron chi connectivity index (χ0n) is 10.3. The van der Waals surface area contributed by atoms with Gasteiger partial charge in [0.05, 0.1) is 0 Å². The average Bonchev–Trinajstić information content (AvgIpc) is 2.56. The highest BCUT2D eigenvalue weighted by Crippen LogP contribution is 2.26. The summed E-state index contributed by atoms with van der Waals surface area (Å²) in [6.07, 6.45) is 2.30. The minimum atomic E-state index is 0.867. The molecule has 0 spiro atoms. The Morgan fingerprint density at radius 1 is 1.31 bits per heavy atom. The summed E-state index contributed by atoms with van der Waals surface area (Å²) in [4.78, 5) is 0. The lowest BCUT2D eigenvalue weighted by atomic mass is 10.1. The number of benzene rings is 1. The molecule has 0 saturated carbocycles. The Bertz CT molecular complexity index is 485. The molecule has 16 heavy (non-hydrogen) atoms. The third-order valence-electron chi connectivity index (χ3n) is 2.95. The molecule has 86 valence electrons. The average molecular weight is 217 g/mol. The van der Waals surface area contributed by atoms with Crippen LogP contribution in [0.25, 0.3) is 11.0 Å². The van der Waals surface area contributed by atoms with Crippen molar-refractivity contribution in [1.82, 2.24) is 5.32 Å². The normalized spacial score (nSPS) is 11.2. The maximum atomic E-state index is 5.80. The third kappa shape index (κ3) is 1.98. The smallest absolute Gasteiger partial charge is 0.134 e. The van der Waals surface area contributed by atoms with Gasteiger partial charge in [-0.1, -0.05) is 25.5 Å². The largest absolute Gasteiger partial charge is 0.461 e. The first-order valence-corrected chi connectivity index (χ1v) is 5.91. The number of furan rings is 1. The molecule has 0 unspecified atom stereocenters. The first-order valence-electron chi connectivity index (χ1n) is 5.91. The maximum Gasteiger partial charge on any atom is 0.134 e. The summed E-state index contributed by atoms with van der Waals surface area (Å²) in [5, 5.41) is 4.43. The topological polar surface area (TPSA) is 25.2 Å². The summed E-state index contributed by atoms with van der Waals surface area (Å²) in [6.45, 7) is 5.10. The molecule has 2 heteroatoms. The quantitative estimate of drug-likeness (QED) is 0.849. The van der Waals surface area contributed by atoms with Crippen molar-refractivity contribution in [2.75, 3.05) is 7.05 Å². The first-order chi connectivity index (χ1) is 7.76. The molecule has 1 aromatic heterocycles. The third-order valence-corrected chi connectivity index (χ3v) is 2.95. The van der Waals surface area contributed by atoms with Crippen LogP contribution in [0.3, 0.4) is 0 Å². The summed E-state index contributed by atoms with van der Waals surface area (Å²) in [7, 11) is 1.96. The van der Waals surface area contributed by atoms with Crippen LogP contribution in [0.15, 0.2) is 22.6 Å². The van der Waals surface area contributed by atoms with Crippen molar-refractivity contribution in [3.63, 3.8) is 0 Å². The number of rotatable bonds is 4. The van der Waals surface area contributed by atoms with E-state index >= 15 is 0 Å². The highest BCUT2D eigenvalue weighted by Gasteiger charge is 2.10. The number of nitrogens with one attached hydrogen (secondary N) is 1. The van der Waals surface area contributed by atoms with Gasteiger partial charge in [-0.05, 0) is 32.0 Å². The van der Waals surface area contributed by atoms with Crippen LogP contribution in [0, 0.1) is 6.92 Å². The van der Waals surface area contributed by atoms with Gasteiger partial charge in [-0.3, -0.25) is 0 Å². The highest BCUT2D eigenvalue weighted by molar-refractivity contribution is 5.82. The van der Waals surface area contributed by atoms with Gasteiger partial charge in [0.15, 0.2) is 0 Å². The zero-order chi connectivity index (χ0) is 11.5. The molecule has 0 atom stereocenters. The summed E-state index contributed by atoms with van der Waals surface area (Å²) >= 11 is 0. The molecule has 0 bridgehead atoms. The molecule has 1 aromatic carbocycles. The van der Waals surface area contributed by atoms with Gasteiger partial charge in [0, 0.05) is 17.5 Å². The van der Waals surface area contributed by atoms with E-state index in [1.165, 1.54) is 22.9 Å². The van der Waals surface area contributed by atoms with Crippen molar-refractivity contribution in [1.29, 1.82) is 0 Å². The first kappa shape index (κ1) is 11.2. The fourth-order valence-electron chi connectivity index (χ4n) is 2.16. The number of hydrogen-bond donors (Lipinski definition) is 1. The monoisotopic (exact) mass is 217 g/mol. The highest BCUT2D eigenvalue weighted by atomic mass is 16.3. The molecule has 0 aliphatic carbocycles. The van der Waals surface area contributed by atoms with Gasteiger partial charge in [-0.15, -0.1) is 0 Å². The van der Waals surface area contributed by atoms with Crippen LogP contribution in [-0.4, -0.2) is 7.05 Å². The van der Waals surface area contributed by atoms with Gasteiger partial charge in [0.1, 0.15) is 11.3 Å². The van der Waals surface area contributed by atoms with E-state index in [-0.39, 0.29) is 0 Å². The Labute approximate surface area is 96.6 Å². The van der Waals surface area contributed by atoms with Crippen molar-refractivity contribution in [3.8, 4) is 0 Å². The molecule has 0 aliphatic rings. The van der Waals surface area contributed by atoms with Gasteiger partial charge >= 0.3 is 0 Å². The number of fused-ring (bicyclic) bond motifs is 1. The second-order valence-electron chi connectivity index (χ2n) is 4.25. The summed E-state index contributed by atoms with van der Waals surface area (Å²) in [5.41, 5.74) is 3.66. The molecule has 0 saturated heterocycles. The van der Waals surface area contributed by atoms with Crippen LogP contribution < -0.4 is 5.32 Å². The molecule has 1 heterocycles. The SMILES string of the molecule is CCCc1ccc2c(CNC)c(C)oc2c1. The van der Waals surface area contributed by atoms with Crippen LogP contribution in [-0.2, 0) is 13.0 Å². The van der Waals surface area contributed by atoms with E-state index in [0.717, 1.165) is 24.3 Å². The molecule has 0 radical (unpaired) electrons. The minimum Gasteiger partial charge on any atom is -0.461 e. The van der Waals surface area contributed by atoms with Crippen molar-refractivity contribution in [2.45, 2.75) is 33.2 Å². The lowest BCUT2D eigenvalue weighted by Crippen LogP contribution is -2.05. The van der Waals surface area contributed by atoms with Crippen LogP contribution in [0.2, 0.25) is 0 Å². The number of hydrogen-bond acceptors (Lipinski definition) is 2. The summed E-state index contributed by atoms with van der Waals surface area (Å²) in [6, 6.07) is 6.56. The molecular formula is C14H19NO. The zero-order valence-corrected chi connectivity index (χ0v) is 10.3. The fraction of sp³-hybridized carbons (Fsp3) is 0.429. The predicted octanol–water partition coefficient (Wildman–Crippen LogP) is 3.41. The Kier molecular flexibility index (Phi) is 3.30. The maximum absolute atomic E-state index is 5.80. The molecular weight excluding hydrogens is 198 g/mol. The van der Waals surface area contributed by atoms with Gasteiger partial charge in [0.2, 0.25) is 0 Å². The summed E-state index contributed by atoms with van der Waals surface area (Å²) < 4.78 is 5.80. The predicted molar refractivity (Wildman–Crippen MR) is 67.7 cm³/mol. The molecule has 0 fully saturated rings. The fourth-order valence-corrected chi connectivity index (χ4v) is 2.16. The van der Waals surface area contributed by atoms with E-state index in [2.05, 4.69) is 30.4 Å². The van der Waals surface area contributed by atoms with E-state index in [4.69, 9.17) is 4.42 Å². The molecule has 2 nitrogen and oxygen atoms in total. The second kappa shape index (κ2) is 4.71. The lowest BCUT2D eigenvalue weighted by Gasteiger charge is -1.99. The van der Waals surface area contributed by atoms with E-state index in [0.29, 0.717) is 0 Å². The number of aryl methyl sites for hydroxylation is 2. The lowest BCUT2D eigenvalue weighted by molar-refractivity contribution is 0.568. The minimum absolute atomic E-state index is 0.867. The van der Waals surface area contributed by atoms with E-state index in [9.17, 15) is 0 Å². The van der Waals surface area contributed by atoms with Crippen molar-refractivity contribution in [2.24, 2.45) is 0 Å². The van der Waals surface area contributed by atoms with Gasteiger partial charge < -0.3 is 9.73 Å². The van der Waals surface area contributed by atoms with Gasteiger partial charge in [-0.25, -0.2) is 0 Å². The van der Waals surface area contributed by atoms with Gasteiger partial charge in [0.25, 0.3) is 0 Å². The Morgan fingerprint density at radius 2 is 2.12 bits per heavy atom. The van der Waals surface area contributed by atoms with Crippen LogP contribution in [0.4, 0.5) is 0 Å². The standard InChI is InChI=1S/C14H19NO/c1-4-5-11-6-7-12-13(9-15-3)10(2)16-14(12)8-11/h6-8,15H,4-5,9H2,1-3H3. The summed E-state index contributed by atoms with van der Waals surface area (Å²) in [5.74, 6) is 1.03. The van der Waals surface area contributed by atoms with E-state index in [1.54, 1.807) is 0 Å². The molecule has 0 aliphatic heterocycles. The van der Waals surface area contributed by atoms with Crippen LogP contribution >= 0.6 is 0 Å². The van der Waals surface area contributed by atoms with Crippen molar-refractivity contribution >= 4 is 11.0 Å². The van der Waals surface area contributed by atoms with Crippen molar-refractivity contribution in [3.05, 3.63) is 35.1 Å². The molecule has 1 N–H and O–H groups in total. The van der Waals surface area contributed by atoms with Crippen LogP contribution in [0.5, 0.6) is 0 Å². The molecule has 2 rings (SSSR count). The van der Waals surface area contributed by atoms with Gasteiger partial charge in [-0.2, -0.15) is 0 Å². The Hall–Kier alpha value is -1.28. The van der Waals surface area contributed by atoms with E-state index in [1.807, 2.05) is 14.0 Å². The Balaban J connectivity index is 2.47. The second-order valence-corrected chi connectivity index (χ2v) is 4.25. The van der Waals surface area contributed by atoms with Crippen LogP contribution in [0.1, 0.15) is 30.2 Å². The van der Waals surface area contributed by atoms with E-state index < -0.39 is 0 Å². The molecule has 0 amide bonds. The Morgan fingerprint density at radius 3 is 2.81 bits per heavy atom. The molecule has 2 aromatic rings.